The number of hydrogen-bond donors (Lipinski definition) is 0. The molecule has 2 rings (SSSR count). The Morgan fingerprint density at radius 3 is 2.76 bits per heavy atom. The van der Waals surface area contributed by atoms with Gasteiger partial charge in [-0.15, -0.1) is 12.1 Å². The molecule has 8 heteroatoms. The number of rotatable bonds is 3. The Hall–Kier alpha value is 0.401. The average molecular weight is 269 g/mol. The molecule has 2 heterocycles. The van der Waals surface area contributed by atoms with Crippen molar-refractivity contribution in [1.29, 1.82) is 0 Å². The molecule has 0 atom stereocenters. The standard InChI is InChI=1S/C9H12BF3N3.K/c1-8(10(11,12)13)6-15-4-5-16-3-2-14-9(16)7-15;/h2-3H,1,4-7H2;/q-1;+1. The number of imidazole rings is 1. The fraction of sp³-hybridized carbons (Fsp3) is 0.444. The second kappa shape index (κ2) is 6.03. The first kappa shape index (κ1) is 15.5. The van der Waals surface area contributed by atoms with Gasteiger partial charge in [-0.3, -0.25) is 4.90 Å². The van der Waals surface area contributed by atoms with Crippen molar-refractivity contribution in [3.05, 3.63) is 30.3 Å². The van der Waals surface area contributed by atoms with Gasteiger partial charge in [0.2, 0.25) is 0 Å². The van der Waals surface area contributed by atoms with Gasteiger partial charge in [0.05, 0.1) is 6.54 Å². The molecule has 1 aromatic rings. The Labute approximate surface area is 141 Å². The van der Waals surface area contributed by atoms with Gasteiger partial charge in [0, 0.05) is 25.5 Å². The van der Waals surface area contributed by atoms with Crippen molar-refractivity contribution in [2.75, 3.05) is 13.1 Å². The molecule has 0 radical (unpaired) electrons. The van der Waals surface area contributed by atoms with Crippen LogP contribution in [0.15, 0.2) is 24.4 Å². The van der Waals surface area contributed by atoms with Gasteiger partial charge in [0.15, 0.2) is 0 Å². The molecule has 0 fully saturated rings. The van der Waals surface area contributed by atoms with Crippen molar-refractivity contribution in [3.63, 3.8) is 0 Å². The summed E-state index contributed by atoms with van der Waals surface area (Å²) in [4.78, 5) is 5.81. The van der Waals surface area contributed by atoms with E-state index in [1.165, 1.54) is 0 Å². The molecule has 1 aromatic heterocycles. The Morgan fingerprint density at radius 1 is 1.41 bits per heavy atom. The molecule has 88 valence electrons. The third kappa shape index (κ3) is 3.94. The zero-order valence-corrected chi connectivity index (χ0v) is 12.9. The quantitative estimate of drug-likeness (QED) is 0.632. The molecular formula is C9H12BF3KN3. The first-order valence-corrected chi connectivity index (χ1v) is 5.07. The van der Waals surface area contributed by atoms with Crippen molar-refractivity contribution in [1.82, 2.24) is 14.5 Å². The number of halogens is 3. The average Bonchev–Trinajstić information content (AvgIpc) is 2.63. The van der Waals surface area contributed by atoms with Crippen molar-refractivity contribution in [2.45, 2.75) is 13.1 Å². The molecule has 17 heavy (non-hydrogen) atoms. The summed E-state index contributed by atoms with van der Waals surface area (Å²) in [5.41, 5.74) is -0.639. The van der Waals surface area contributed by atoms with E-state index >= 15 is 0 Å². The van der Waals surface area contributed by atoms with E-state index in [4.69, 9.17) is 0 Å². The number of aromatic nitrogens is 2. The molecule has 0 N–H and O–H groups in total. The Kier molecular flexibility index (Phi) is 5.48. The number of fused-ring (bicyclic) bond motifs is 1. The van der Waals surface area contributed by atoms with Gasteiger partial charge in [-0.05, 0) is 6.54 Å². The zero-order valence-electron chi connectivity index (χ0n) is 9.74. The summed E-state index contributed by atoms with van der Waals surface area (Å²) < 4.78 is 39.0. The van der Waals surface area contributed by atoms with Crippen LogP contribution in [0.4, 0.5) is 12.9 Å². The Balaban J connectivity index is 0.00000144. The van der Waals surface area contributed by atoms with E-state index in [1.807, 2.05) is 10.8 Å². The first-order valence-electron chi connectivity index (χ1n) is 5.07. The Morgan fingerprint density at radius 2 is 2.12 bits per heavy atom. The monoisotopic (exact) mass is 269 g/mol. The zero-order chi connectivity index (χ0) is 11.8. The topological polar surface area (TPSA) is 21.1 Å². The summed E-state index contributed by atoms with van der Waals surface area (Å²) in [6, 6.07) is 0. The van der Waals surface area contributed by atoms with E-state index in [0.29, 0.717) is 19.6 Å². The molecule has 0 spiro atoms. The van der Waals surface area contributed by atoms with Crippen LogP contribution < -0.4 is 51.4 Å². The van der Waals surface area contributed by atoms with Crippen LogP contribution in [0.3, 0.4) is 0 Å². The van der Waals surface area contributed by atoms with Crippen LogP contribution in [0.1, 0.15) is 5.82 Å². The molecule has 0 unspecified atom stereocenters. The third-order valence-corrected chi connectivity index (χ3v) is 2.71. The van der Waals surface area contributed by atoms with Crippen molar-refractivity contribution in [3.8, 4) is 0 Å². The smallest absolute Gasteiger partial charge is 0.445 e. The van der Waals surface area contributed by atoms with E-state index in [2.05, 4.69) is 11.6 Å². The maximum absolute atomic E-state index is 12.4. The molecule has 0 aliphatic carbocycles. The number of nitrogens with zero attached hydrogens (tertiary/aromatic N) is 3. The van der Waals surface area contributed by atoms with Crippen LogP contribution in [0.5, 0.6) is 0 Å². The van der Waals surface area contributed by atoms with Crippen molar-refractivity contribution in [2.24, 2.45) is 0 Å². The van der Waals surface area contributed by atoms with Gasteiger partial charge in [0.1, 0.15) is 5.82 Å². The minimum absolute atomic E-state index is 0. The maximum atomic E-state index is 12.4. The van der Waals surface area contributed by atoms with Gasteiger partial charge < -0.3 is 17.5 Å². The van der Waals surface area contributed by atoms with Gasteiger partial charge in [-0.2, -0.15) is 0 Å². The van der Waals surface area contributed by atoms with Crippen LogP contribution in [0.2, 0.25) is 0 Å². The third-order valence-electron chi connectivity index (χ3n) is 2.71. The summed E-state index contributed by atoms with van der Waals surface area (Å²) in [7, 11) is 0. The molecule has 1 aliphatic heterocycles. The number of hydrogen-bond acceptors (Lipinski definition) is 2. The molecule has 1 aliphatic rings. The first-order chi connectivity index (χ1) is 7.47. The molecule has 0 saturated heterocycles. The Bertz CT molecular complexity index is 404. The molecule has 0 aromatic carbocycles. The summed E-state index contributed by atoms with van der Waals surface area (Å²) >= 11 is 0. The van der Waals surface area contributed by atoms with E-state index in [-0.39, 0.29) is 57.9 Å². The van der Waals surface area contributed by atoms with E-state index < -0.39 is 12.4 Å². The van der Waals surface area contributed by atoms with Crippen LogP contribution in [0, 0.1) is 0 Å². The molecule has 0 amide bonds. The van der Waals surface area contributed by atoms with Gasteiger partial charge in [0.25, 0.3) is 0 Å². The molecule has 0 bridgehead atoms. The minimum Gasteiger partial charge on any atom is -0.445 e. The fourth-order valence-electron chi connectivity index (χ4n) is 1.75. The van der Waals surface area contributed by atoms with Crippen LogP contribution >= 0.6 is 0 Å². The SMILES string of the molecule is C=C(CN1CCn2ccnc2C1)[B-](F)(F)F.[K+]. The van der Waals surface area contributed by atoms with Crippen LogP contribution in [-0.4, -0.2) is 34.5 Å². The summed E-state index contributed by atoms with van der Waals surface area (Å²) in [6.07, 6.45) is 3.51. The predicted octanol–water partition coefficient (Wildman–Crippen LogP) is -1.35. The molecule has 3 nitrogen and oxygen atoms in total. The van der Waals surface area contributed by atoms with E-state index in [0.717, 1.165) is 5.82 Å². The minimum atomic E-state index is -4.92. The maximum Gasteiger partial charge on any atom is 1.00 e. The van der Waals surface area contributed by atoms with Gasteiger partial charge in [-0.25, -0.2) is 4.98 Å². The van der Waals surface area contributed by atoms with Crippen molar-refractivity contribution >= 4 is 6.98 Å². The van der Waals surface area contributed by atoms with E-state index in [9.17, 15) is 12.9 Å². The molecule has 0 saturated carbocycles. The van der Waals surface area contributed by atoms with Gasteiger partial charge in [-0.1, -0.05) is 0 Å². The molecular weight excluding hydrogens is 257 g/mol. The largest absolute Gasteiger partial charge is 1.00 e. The van der Waals surface area contributed by atoms with Gasteiger partial charge >= 0.3 is 58.4 Å². The van der Waals surface area contributed by atoms with Crippen LogP contribution in [-0.2, 0) is 13.1 Å². The summed E-state index contributed by atoms with van der Waals surface area (Å²) in [5.74, 6) is 0.814. The van der Waals surface area contributed by atoms with Crippen LogP contribution in [0.25, 0.3) is 0 Å². The van der Waals surface area contributed by atoms with E-state index in [1.54, 1.807) is 11.1 Å². The fourth-order valence-corrected chi connectivity index (χ4v) is 1.75. The summed E-state index contributed by atoms with van der Waals surface area (Å²) in [6.45, 7) is -0.189. The summed E-state index contributed by atoms with van der Waals surface area (Å²) in [5, 5.41) is 0. The second-order valence-electron chi connectivity index (χ2n) is 3.98. The second-order valence-corrected chi connectivity index (χ2v) is 3.98. The normalized spacial score (nSPS) is 16.2. The van der Waals surface area contributed by atoms with Crippen molar-refractivity contribution < 1.29 is 64.3 Å². The predicted molar refractivity (Wildman–Crippen MR) is 55.7 cm³/mol.